The van der Waals surface area contributed by atoms with Crippen molar-refractivity contribution in [3.8, 4) is 0 Å². The van der Waals surface area contributed by atoms with Crippen LogP contribution in [0.3, 0.4) is 0 Å². The molecule has 17 heavy (non-hydrogen) atoms. The Bertz CT molecular complexity index is 474. The van der Waals surface area contributed by atoms with Crippen LogP contribution in [0.1, 0.15) is 16.7 Å². The second-order valence-corrected chi connectivity index (χ2v) is 4.44. The zero-order valence-electron chi connectivity index (χ0n) is 10.5. The second-order valence-electron chi connectivity index (χ2n) is 4.44. The van der Waals surface area contributed by atoms with Crippen molar-refractivity contribution < 1.29 is 0 Å². The van der Waals surface area contributed by atoms with Crippen molar-refractivity contribution in [1.82, 2.24) is 15.1 Å². The third kappa shape index (κ3) is 3.71. The van der Waals surface area contributed by atoms with Gasteiger partial charge in [-0.3, -0.25) is 4.68 Å². The minimum atomic E-state index is 0.932. The van der Waals surface area contributed by atoms with Crippen LogP contribution in [0.2, 0.25) is 0 Å². The van der Waals surface area contributed by atoms with E-state index in [1.54, 1.807) is 0 Å². The molecule has 0 unspecified atom stereocenters. The minimum Gasteiger partial charge on any atom is -0.312 e. The monoisotopic (exact) mass is 229 g/mol. The molecule has 0 spiro atoms. The topological polar surface area (TPSA) is 29.9 Å². The predicted octanol–water partition coefficient (Wildman–Crippen LogP) is 2.06. The van der Waals surface area contributed by atoms with Crippen molar-refractivity contribution in [2.75, 3.05) is 6.54 Å². The van der Waals surface area contributed by atoms with E-state index in [0.29, 0.717) is 0 Å². The Morgan fingerprint density at radius 3 is 2.88 bits per heavy atom. The van der Waals surface area contributed by atoms with Gasteiger partial charge < -0.3 is 5.32 Å². The lowest BCUT2D eigenvalue weighted by Gasteiger charge is -2.04. The average molecular weight is 229 g/mol. The van der Waals surface area contributed by atoms with E-state index in [1.807, 2.05) is 17.9 Å². The largest absolute Gasteiger partial charge is 0.312 e. The van der Waals surface area contributed by atoms with Gasteiger partial charge in [0.15, 0.2) is 0 Å². The normalized spacial score (nSPS) is 10.7. The van der Waals surface area contributed by atoms with E-state index < -0.39 is 0 Å². The van der Waals surface area contributed by atoms with Crippen molar-refractivity contribution >= 4 is 0 Å². The lowest BCUT2D eigenvalue weighted by atomic mass is 10.1. The van der Waals surface area contributed by atoms with E-state index in [2.05, 4.69) is 47.8 Å². The van der Waals surface area contributed by atoms with Gasteiger partial charge in [-0.15, -0.1) is 0 Å². The molecule has 1 aromatic carbocycles. The fourth-order valence-electron chi connectivity index (χ4n) is 1.89. The number of benzene rings is 1. The molecule has 3 heteroatoms. The van der Waals surface area contributed by atoms with Crippen LogP contribution in [-0.4, -0.2) is 16.3 Å². The van der Waals surface area contributed by atoms with Crippen LogP contribution in [0, 0.1) is 6.92 Å². The fourth-order valence-corrected chi connectivity index (χ4v) is 1.89. The highest BCUT2D eigenvalue weighted by atomic mass is 15.2. The van der Waals surface area contributed by atoms with Crippen LogP contribution in [0.5, 0.6) is 0 Å². The Hall–Kier alpha value is -1.61. The van der Waals surface area contributed by atoms with E-state index in [-0.39, 0.29) is 0 Å². The van der Waals surface area contributed by atoms with Crippen LogP contribution >= 0.6 is 0 Å². The third-order valence-corrected chi connectivity index (χ3v) is 2.76. The van der Waals surface area contributed by atoms with Crippen molar-refractivity contribution in [1.29, 1.82) is 0 Å². The van der Waals surface area contributed by atoms with Crippen LogP contribution in [0.15, 0.2) is 36.7 Å². The smallest absolute Gasteiger partial charge is 0.0522 e. The zero-order chi connectivity index (χ0) is 12.1. The number of nitrogens with one attached hydrogen (secondary N) is 1. The molecule has 1 aromatic heterocycles. The summed E-state index contributed by atoms with van der Waals surface area (Å²) in [6, 6.07) is 8.60. The van der Waals surface area contributed by atoms with E-state index in [0.717, 1.165) is 19.5 Å². The molecule has 0 bridgehead atoms. The summed E-state index contributed by atoms with van der Waals surface area (Å²) in [4.78, 5) is 0. The molecule has 2 rings (SSSR count). The Kier molecular flexibility index (Phi) is 3.94. The number of hydrogen-bond donors (Lipinski definition) is 1. The van der Waals surface area contributed by atoms with Crippen molar-refractivity contribution in [2.24, 2.45) is 7.05 Å². The standard InChI is InChI=1S/C14H19N3/c1-12-4-3-5-13(8-12)9-15-7-6-14-10-16-17(2)11-14/h3-5,8,10-11,15H,6-7,9H2,1-2H3. The molecule has 0 atom stereocenters. The van der Waals surface area contributed by atoms with E-state index in [1.165, 1.54) is 16.7 Å². The molecular formula is C14H19N3. The molecule has 0 saturated heterocycles. The maximum absolute atomic E-state index is 4.15. The van der Waals surface area contributed by atoms with Crippen molar-refractivity contribution in [3.63, 3.8) is 0 Å². The fraction of sp³-hybridized carbons (Fsp3) is 0.357. The van der Waals surface area contributed by atoms with Gasteiger partial charge in [-0.05, 0) is 31.0 Å². The summed E-state index contributed by atoms with van der Waals surface area (Å²) in [5.74, 6) is 0. The highest BCUT2D eigenvalue weighted by molar-refractivity contribution is 5.21. The van der Waals surface area contributed by atoms with Crippen molar-refractivity contribution in [2.45, 2.75) is 19.9 Å². The summed E-state index contributed by atoms with van der Waals surface area (Å²) in [6.07, 6.45) is 5.02. The first-order valence-electron chi connectivity index (χ1n) is 5.98. The highest BCUT2D eigenvalue weighted by Gasteiger charge is 1.96. The molecular weight excluding hydrogens is 210 g/mol. The molecule has 0 radical (unpaired) electrons. The van der Waals surface area contributed by atoms with Gasteiger partial charge in [-0.1, -0.05) is 29.8 Å². The summed E-state index contributed by atoms with van der Waals surface area (Å²) in [5, 5.41) is 7.60. The molecule has 90 valence electrons. The van der Waals surface area contributed by atoms with Crippen LogP contribution in [0.25, 0.3) is 0 Å². The Labute approximate surface area is 102 Å². The van der Waals surface area contributed by atoms with E-state index in [9.17, 15) is 0 Å². The van der Waals surface area contributed by atoms with Crippen LogP contribution in [0.4, 0.5) is 0 Å². The van der Waals surface area contributed by atoms with Gasteiger partial charge in [-0.2, -0.15) is 5.10 Å². The molecule has 0 amide bonds. The minimum absolute atomic E-state index is 0.932. The maximum atomic E-state index is 4.15. The van der Waals surface area contributed by atoms with Gasteiger partial charge in [0, 0.05) is 19.8 Å². The maximum Gasteiger partial charge on any atom is 0.0522 e. The van der Waals surface area contributed by atoms with Gasteiger partial charge in [0.25, 0.3) is 0 Å². The molecule has 3 nitrogen and oxygen atoms in total. The highest BCUT2D eigenvalue weighted by Crippen LogP contribution is 2.03. The lowest BCUT2D eigenvalue weighted by Crippen LogP contribution is -2.16. The first-order valence-corrected chi connectivity index (χ1v) is 5.98. The number of aryl methyl sites for hydroxylation is 2. The lowest BCUT2D eigenvalue weighted by molar-refractivity contribution is 0.686. The van der Waals surface area contributed by atoms with E-state index >= 15 is 0 Å². The molecule has 0 aliphatic rings. The van der Waals surface area contributed by atoms with Gasteiger partial charge in [0.1, 0.15) is 0 Å². The number of nitrogens with zero attached hydrogens (tertiary/aromatic N) is 2. The first kappa shape index (κ1) is 11.9. The Morgan fingerprint density at radius 1 is 1.29 bits per heavy atom. The summed E-state index contributed by atoms with van der Waals surface area (Å²) >= 11 is 0. The number of rotatable bonds is 5. The molecule has 1 heterocycles. The van der Waals surface area contributed by atoms with Gasteiger partial charge in [0.2, 0.25) is 0 Å². The molecule has 0 fully saturated rings. The molecule has 1 N–H and O–H groups in total. The summed E-state index contributed by atoms with van der Waals surface area (Å²) in [6.45, 7) is 4.04. The first-order chi connectivity index (χ1) is 8.24. The second kappa shape index (κ2) is 5.64. The Balaban J connectivity index is 1.73. The quantitative estimate of drug-likeness (QED) is 0.795. The molecule has 2 aromatic rings. The SMILES string of the molecule is Cc1cccc(CNCCc2cnn(C)c2)c1. The summed E-state index contributed by atoms with van der Waals surface area (Å²) in [5.41, 5.74) is 3.94. The third-order valence-electron chi connectivity index (χ3n) is 2.76. The molecule has 0 aliphatic carbocycles. The summed E-state index contributed by atoms with van der Waals surface area (Å²) < 4.78 is 1.84. The molecule has 0 aliphatic heterocycles. The zero-order valence-corrected chi connectivity index (χ0v) is 10.5. The predicted molar refractivity (Wildman–Crippen MR) is 69.8 cm³/mol. The van der Waals surface area contributed by atoms with E-state index in [4.69, 9.17) is 0 Å². The van der Waals surface area contributed by atoms with Crippen LogP contribution in [-0.2, 0) is 20.0 Å². The van der Waals surface area contributed by atoms with Gasteiger partial charge in [-0.25, -0.2) is 0 Å². The Morgan fingerprint density at radius 2 is 2.18 bits per heavy atom. The molecule has 0 saturated carbocycles. The van der Waals surface area contributed by atoms with Crippen molar-refractivity contribution in [3.05, 3.63) is 53.3 Å². The number of hydrogen-bond acceptors (Lipinski definition) is 2. The summed E-state index contributed by atoms with van der Waals surface area (Å²) in [7, 11) is 1.95. The van der Waals surface area contributed by atoms with Gasteiger partial charge in [0.05, 0.1) is 6.20 Å². The average Bonchev–Trinajstić information content (AvgIpc) is 2.71. The van der Waals surface area contributed by atoms with Gasteiger partial charge >= 0.3 is 0 Å². The van der Waals surface area contributed by atoms with Crippen LogP contribution < -0.4 is 5.32 Å². The number of aromatic nitrogens is 2.